The summed E-state index contributed by atoms with van der Waals surface area (Å²) in [6.07, 6.45) is 0.647. The third-order valence-corrected chi connectivity index (χ3v) is 5.94. The van der Waals surface area contributed by atoms with Gasteiger partial charge in [0.15, 0.2) is 0 Å². The van der Waals surface area contributed by atoms with Crippen molar-refractivity contribution in [1.29, 1.82) is 0 Å². The molecule has 0 unspecified atom stereocenters. The molecule has 0 radical (unpaired) electrons. The number of hydrogen-bond acceptors (Lipinski definition) is 5. The molecule has 0 aliphatic heterocycles. The first-order valence-corrected chi connectivity index (χ1v) is 10.0. The molecule has 2 aromatic rings. The fourth-order valence-corrected chi connectivity index (χ4v) is 3.93. The molecule has 0 saturated carbocycles. The molecule has 9 heteroatoms. The highest BCUT2D eigenvalue weighted by Gasteiger charge is 2.26. The van der Waals surface area contributed by atoms with Gasteiger partial charge in [0.25, 0.3) is 5.91 Å². The maximum absolute atomic E-state index is 12.7. The van der Waals surface area contributed by atoms with E-state index in [1.165, 1.54) is 25.2 Å². The number of carboxylic acids is 1. The number of sulfonamides is 1. The first-order valence-electron chi connectivity index (χ1n) is 8.57. The summed E-state index contributed by atoms with van der Waals surface area (Å²) >= 11 is 0. The smallest absolute Gasteiger partial charge is 0.318 e. The number of rotatable bonds is 9. The van der Waals surface area contributed by atoms with Gasteiger partial charge in [-0.2, -0.15) is 4.31 Å². The summed E-state index contributed by atoms with van der Waals surface area (Å²) in [5, 5.41) is 14.4. The van der Waals surface area contributed by atoms with Crippen molar-refractivity contribution < 1.29 is 23.1 Å². The van der Waals surface area contributed by atoms with Crippen molar-refractivity contribution in [3.8, 4) is 0 Å². The molecule has 0 heterocycles. The Morgan fingerprint density at radius 2 is 1.79 bits per heavy atom. The summed E-state index contributed by atoms with van der Waals surface area (Å²) in [4.78, 5) is 23.1. The maximum Gasteiger partial charge on any atom is 0.318 e. The third kappa shape index (κ3) is 5.30. The van der Waals surface area contributed by atoms with E-state index in [0.717, 1.165) is 9.87 Å². The van der Waals surface area contributed by atoms with Crippen LogP contribution in [-0.2, 0) is 21.2 Å². The Labute approximate surface area is 164 Å². The highest BCUT2D eigenvalue weighted by molar-refractivity contribution is 7.89. The predicted molar refractivity (Wildman–Crippen MR) is 106 cm³/mol. The normalized spacial score (nSPS) is 11.2. The second-order valence-corrected chi connectivity index (χ2v) is 8.12. The van der Waals surface area contributed by atoms with E-state index in [2.05, 4.69) is 10.6 Å². The molecular formula is C19H23N3O5S. The lowest BCUT2D eigenvalue weighted by Crippen LogP contribution is -2.33. The van der Waals surface area contributed by atoms with Crippen LogP contribution in [0.3, 0.4) is 0 Å². The van der Waals surface area contributed by atoms with Crippen molar-refractivity contribution in [2.75, 3.05) is 32.5 Å². The van der Waals surface area contributed by atoms with Crippen molar-refractivity contribution >= 4 is 27.6 Å². The van der Waals surface area contributed by atoms with Crippen LogP contribution in [0.1, 0.15) is 15.9 Å². The van der Waals surface area contributed by atoms with Crippen molar-refractivity contribution in [2.24, 2.45) is 0 Å². The first kappa shape index (κ1) is 21.4. The van der Waals surface area contributed by atoms with Crippen molar-refractivity contribution in [3.63, 3.8) is 0 Å². The van der Waals surface area contributed by atoms with Crippen molar-refractivity contribution in [3.05, 3.63) is 59.7 Å². The molecule has 0 fully saturated rings. The van der Waals surface area contributed by atoms with Crippen LogP contribution in [0.2, 0.25) is 0 Å². The number of nitrogens with zero attached hydrogens (tertiary/aromatic N) is 1. The Kier molecular flexibility index (Phi) is 7.13. The predicted octanol–water partition coefficient (Wildman–Crippen LogP) is 1.41. The zero-order chi connectivity index (χ0) is 20.7. The van der Waals surface area contributed by atoms with Gasteiger partial charge in [-0.3, -0.25) is 9.59 Å². The highest BCUT2D eigenvalue weighted by Crippen LogP contribution is 2.25. The zero-order valence-electron chi connectivity index (χ0n) is 15.7. The van der Waals surface area contributed by atoms with Gasteiger partial charge < -0.3 is 15.7 Å². The van der Waals surface area contributed by atoms with Gasteiger partial charge in [0.05, 0.1) is 5.69 Å². The average Bonchev–Trinajstić information content (AvgIpc) is 2.67. The second kappa shape index (κ2) is 9.34. The summed E-state index contributed by atoms with van der Waals surface area (Å²) in [6, 6.07) is 13.9. The molecule has 28 heavy (non-hydrogen) atoms. The molecule has 0 spiro atoms. The number of carbonyl (C=O) groups excluding carboxylic acids is 1. The molecule has 2 rings (SSSR count). The number of aliphatic carboxylic acids is 1. The lowest BCUT2D eigenvalue weighted by atomic mass is 10.1. The molecule has 0 atom stereocenters. The Hall–Kier alpha value is -2.91. The monoisotopic (exact) mass is 405 g/mol. The molecule has 3 N–H and O–H groups in total. The minimum absolute atomic E-state index is 0.158. The molecule has 150 valence electrons. The molecule has 0 aliphatic carbocycles. The van der Waals surface area contributed by atoms with Gasteiger partial charge in [-0.1, -0.05) is 30.3 Å². The Morgan fingerprint density at radius 1 is 1.11 bits per heavy atom. The lowest BCUT2D eigenvalue weighted by molar-refractivity contribution is -0.137. The maximum atomic E-state index is 12.7. The van der Waals surface area contributed by atoms with Gasteiger partial charge in [0.2, 0.25) is 10.0 Å². The SMILES string of the molecule is CNc1ccc(C(=O)NCCc2ccccc2)cc1S(=O)(=O)N(C)CC(=O)O. The number of benzene rings is 2. The molecular weight excluding hydrogens is 382 g/mol. The number of anilines is 1. The number of carbonyl (C=O) groups is 2. The van der Waals surface area contributed by atoms with Gasteiger partial charge in [0.1, 0.15) is 11.4 Å². The average molecular weight is 405 g/mol. The van der Waals surface area contributed by atoms with E-state index in [1.54, 1.807) is 7.05 Å². The van der Waals surface area contributed by atoms with E-state index in [9.17, 15) is 18.0 Å². The Balaban J connectivity index is 2.19. The van der Waals surface area contributed by atoms with Crippen LogP contribution < -0.4 is 10.6 Å². The number of likely N-dealkylation sites (N-methyl/N-ethyl adjacent to an activating group) is 1. The van der Waals surface area contributed by atoms with Gasteiger partial charge >= 0.3 is 5.97 Å². The molecule has 8 nitrogen and oxygen atoms in total. The second-order valence-electron chi connectivity index (χ2n) is 6.11. The fraction of sp³-hybridized carbons (Fsp3) is 0.263. The molecule has 2 aromatic carbocycles. The van der Waals surface area contributed by atoms with Gasteiger partial charge in [0, 0.05) is 26.2 Å². The molecule has 0 saturated heterocycles. The lowest BCUT2D eigenvalue weighted by Gasteiger charge is -2.18. The highest BCUT2D eigenvalue weighted by atomic mass is 32.2. The summed E-state index contributed by atoms with van der Waals surface area (Å²) in [5.41, 5.74) is 1.53. The van der Waals surface area contributed by atoms with E-state index in [4.69, 9.17) is 5.11 Å². The van der Waals surface area contributed by atoms with Crippen LogP contribution in [0, 0.1) is 0 Å². The van der Waals surface area contributed by atoms with E-state index < -0.39 is 28.4 Å². The van der Waals surface area contributed by atoms with E-state index in [-0.39, 0.29) is 16.1 Å². The minimum Gasteiger partial charge on any atom is -0.480 e. The van der Waals surface area contributed by atoms with E-state index in [0.29, 0.717) is 13.0 Å². The van der Waals surface area contributed by atoms with Crippen LogP contribution >= 0.6 is 0 Å². The van der Waals surface area contributed by atoms with Crippen LogP contribution in [0.15, 0.2) is 53.4 Å². The van der Waals surface area contributed by atoms with Crippen LogP contribution in [-0.4, -0.2) is 56.9 Å². The molecule has 1 amide bonds. The fourth-order valence-electron chi connectivity index (χ4n) is 2.59. The number of carboxylic acid groups (broad SMARTS) is 1. The quantitative estimate of drug-likeness (QED) is 0.581. The Morgan fingerprint density at radius 3 is 2.39 bits per heavy atom. The van der Waals surface area contributed by atoms with Crippen molar-refractivity contribution in [1.82, 2.24) is 9.62 Å². The van der Waals surface area contributed by atoms with Gasteiger partial charge in [-0.15, -0.1) is 0 Å². The third-order valence-electron chi connectivity index (χ3n) is 4.10. The number of hydrogen-bond donors (Lipinski definition) is 3. The van der Waals surface area contributed by atoms with Crippen LogP contribution in [0.25, 0.3) is 0 Å². The van der Waals surface area contributed by atoms with E-state index >= 15 is 0 Å². The summed E-state index contributed by atoms with van der Waals surface area (Å²) < 4.78 is 26.1. The molecule has 0 bridgehead atoms. The van der Waals surface area contributed by atoms with Gasteiger partial charge in [-0.25, -0.2) is 8.42 Å². The number of nitrogens with one attached hydrogen (secondary N) is 2. The van der Waals surface area contributed by atoms with E-state index in [1.807, 2.05) is 30.3 Å². The van der Waals surface area contributed by atoms with Crippen LogP contribution in [0.5, 0.6) is 0 Å². The first-order chi connectivity index (χ1) is 13.3. The summed E-state index contributed by atoms with van der Waals surface area (Å²) in [7, 11) is -1.36. The summed E-state index contributed by atoms with van der Waals surface area (Å²) in [6.45, 7) is -0.281. The van der Waals surface area contributed by atoms with Crippen molar-refractivity contribution in [2.45, 2.75) is 11.3 Å². The topological polar surface area (TPSA) is 116 Å². The largest absolute Gasteiger partial charge is 0.480 e. The summed E-state index contributed by atoms with van der Waals surface area (Å²) in [5.74, 6) is -1.68. The van der Waals surface area contributed by atoms with Gasteiger partial charge in [-0.05, 0) is 30.2 Å². The molecule has 0 aromatic heterocycles. The molecule has 0 aliphatic rings. The number of amides is 1. The Bertz CT molecular complexity index is 945. The minimum atomic E-state index is -4.09. The standard InChI is InChI=1S/C19H23N3O5S/c1-20-16-9-8-15(12-17(16)28(26,27)22(2)13-18(23)24)19(25)21-11-10-14-6-4-3-5-7-14/h3-9,12,20H,10-11,13H2,1-2H3,(H,21,25)(H,23,24). The zero-order valence-corrected chi connectivity index (χ0v) is 16.5. The van der Waals surface area contributed by atoms with Crippen LogP contribution in [0.4, 0.5) is 5.69 Å².